The Morgan fingerprint density at radius 3 is 2.39 bits per heavy atom. The summed E-state index contributed by atoms with van der Waals surface area (Å²) in [6.45, 7) is 2.07. The quantitative estimate of drug-likeness (QED) is 0.694. The molecule has 2 aromatic carbocycles. The van der Waals surface area contributed by atoms with Crippen LogP contribution in [0.1, 0.15) is 33.2 Å². The van der Waals surface area contributed by atoms with E-state index in [2.05, 4.69) is 6.92 Å². The molecular weight excluding hydrogens is 290 g/mol. The Morgan fingerprint density at radius 1 is 1.04 bits per heavy atom. The summed E-state index contributed by atoms with van der Waals surface area (Å²) in [5.74, 6) is -0.618. The number of para-hydroxylation sites is 1. The Bertz CT molecular complexity index is 875. The van der Waals surface area contributed by atoms with Gasteiger partial charge in [-0.15, -0.1) is 0 Å². The Labute approximate surface area is 134 Å². The molecule has 0 aliphatic carbocycles. The van der Waals surface area contributed by atoms with Crippen molar-refractivity contribution in [3.8, 4) is 0 Å². The fourth-order valence-corrected chi connectivity index (χ4v) is 2.64. The van der Waals surface area contributed by atoms with E-state index in [0.29, 0.717) is 22.0 Å². The number of rotatable bonds is 3. The molecule has 0 unspecified atom stereocenters. The summed E-state index contributed by atoms with van der Waals surface area (Å²) in [5.41, 5.74) is 2.84. The summed E-state index contributed by atoms with van der Waals surface area (Å²) in [6, 6.07) is 14.8. The summed E-state index contributed by atoms with van der Waals surface area (Å²) in [5, 5.41) is 0.706. The van der Waals surface area contributed by atoms with Crippen LogP contribution in [0.3, 0.4) is 0 Å². The van der Waals surface area contributed by atoms with Crippen LogP contribution in [0.2, 0.25) is 0 Å². The molecule has 0 aliphatic rings. The number of esters is 1. The topological polar surface area (TPSA) is 48.3 Å². The van der Waals surface area contributed by atoms with Gasteiger partial charge in [0.2, 0.25) is 0 Å². The number of benzene rings is 2. The number of aryl methyl sites for hydroxylation is 1. The van der Waals surface area contributed by atoms with E-state index in [4.69, 9.17) is 4.74 Å². The van der Waals surface area contributed by atoms with Crippen molar-refractivity contribution in [3.63, 3.8) is 0 Å². The number of methoxy groups -OCH3 is 1. The van der Waals surface area contributed by atoms with Gasteiger partial charge in [0, 0.05) is 17.1 Å². The first-order chi connectivity index (χ1) is 11.2. The Morgan fingerprint density at radius 2 is 1.74 bits per heavy atom. The smallest absolute Gasteiger partial charge is 0.340 e. The number of nitrogens with zero attached hydrogens (tertiary/aromatic N) is 1. The molecular formula is C19H17NO3. The minimum absolute atomic E-state index is 0.168. The van der Waals surface area contributed by atoms with Gasteiger partial charge in [0.1, 0.15) is 0 Å². The molecule has 116 valence electrons. The van der Waals surface area contributed by atoms with Crippen LogP contribution in [0, 0.1) is 0 Å². The van der Waals surface area contributed by atoms with Gasteiger partial charge in [0.25, 0.3) is 5.91 Å². The van der Waals surface area contributed by atoms with E-state index in [1.807, 2.05) is 48.5 Å². The average molecular weight is 307 g/mol. The molecule has 0 spiro atoms. The van der Waals surface area contributed by atoms with Crippen LogP contribution in [-0.4, -0.2) is 23.6 Å². The second-order valence-electron chi connectivity index (χ2n) is 5.28. The van der Waals surface area contributed by atoms with E-state index in [1.165, 1.54) is 17.2 Å². The molecule has 1 heterocycles. The van der Waals surface area contributed by atoms with E-state index in [1.54, 1.807) is 6.20 Å². The maximum absolute atomic E-state index is 12.8. The highest BCUT2D eigenvalue weighted by molar-refractivity contribution is 6.09. The molecule has 0 bridgehead atoms. The molecule has 4 nitrogen and oxygen atoms in total. The number of carbonyl (C=O) groups is 2. The van der Waals surface area contributed by atoms with Crippen molar-refractivity contribution in [3.05, 3.63) is 71.4 Å². The number of aromatic nitrogens is 1. The largest absolute Gasteiger partial charge is 0.465 e. The Kier molecular flexibility index (Phi) is 3.98. The van der Waals surface area contributed by atoms with Crippen molar-refractivity contribution in [2.24, 2.45) is 0 Å². The molecule has 0 N–H and O–H groups in total. The fourth-order valence-electron chi connectivity index (χ4n) is 2.64. The molecule has 4 heteroatoms. The lowest BCUT2D eigenvalue weighted by atomic mass is 10.1. The minimum atomic E-state index is -0.450. The van der Waals surface area contributed by atoms with Crippen molar-refractivity contribution in [1.29, 1.82) is 0 Å². The first-order valence-corrected chi connectivity index (χ1v) is 7.47. The van der Waals surface area contributed by atoms with Crippen molar-refractivity contribution < 1.29 is 14.3 Å². The summed E-state index contributed by atoms with van der Waals surface area (Å²) >= 11 is 0. The first kappa shape index (κ1) is 15.0. The molecule has 0 saturated carbocycles. The minimum Gasteiger partial charge on any atom is -0.465 e. The predicted molar refractivity (Wildman–Crippen MR) is 88.8 cm³/mol. The lowest BCUT2D eigenvalue weighted by molar-refractivity contribution is 0.0603. The van der Waals surface area contributed by atoms with E-state index in [-0.39, 0.29) is 5.91 Å². The second kappa shape index (κ2) is 6.08. The molecule has 23 heavy (non-hydrogen) atoms. The van der Waals surface area contributed by atoms with Crippen LogP contribution in [0.15, 0.2) is 54.7 Å². The van der Waals surface area contributed by atoms with E-state index < -0.39 is 5.97 Å². The summed E-state index contributed by atoms with van der Waals surface area (Å²) in [7, 11) is 1.33. The molecule has 0 aliphatic heterocycles. The third kappa shape index (κ3) is 2.63. The monoisotopic (exact) mass is 307 g/mol. The molecule has 0 atom stereocenters. The molecule has 0 radical (unpaired) electrons. The number of ether oxygens (including phenoxy) is 1. The standard InChI is InChI=1S/C19H17NO3/c1-3-13-8-10-14(11-9-13)18(21)20-12-16(19(22)23-2)15-6-4-5-7-17(15)20/h4-12H,3H2,1-2H3. The molecule has 3 aromatic rings. The Hall–Kier alpha value is -2.88. The highest BCUT2D eigenvalue weighted by atomic mass is 16.5. The lowest BCUT2D eigenvalue weighted by Gasteiger charge is -2.05. The molecule has 3 rings (SSSR count). The SMILES string of the molecule is CCc1ccc(C(=O)n2cc(C(=O)OC)c3ccccc32)cc1. The zero-order chi connectivity index (χ0) is 16.4. The third-order valence-electron chi connectivity index (χ3n) is 3.95. The predicted octanol–water partition coefficient (Wildman–Crippen LogP) is 3.68. The van der Waals surface area contributed by atoms with Gasteiger partial charge in [-0.25, -0.2) is 4.79 Å². The van der Waals surface area contributed by atoms with Gasteiger partial charge in [-0.05, 0) is 30.2 Å². The van der Waals surface area contributed by atoms with Crippen LogP contribution in [-0.2, 0) is 11.2 Å². The van der Waals surface area contributed by atoms with Gasteiger partial charge in [-0.3, -0.25) is 9.36 Å². The summed E-state index contributed by atoms with van der Waals surface area (Å²) in [4.78, 5) is 24.7. The second-order valence-corrected chi connectivity index (χ2v) is 5.28. The van der Waals surface area contributed by atoms with Crippen LogP contribution in [0.4, 0.5) is 0 Å². The van der Waals surface area contributed by atoms with Crippen molar-refractivity contribution in [1.82, 2.24) is 4.57 Å². The van der Waals surface area contributed by atoms with Gasteiger partial charge in [0.05, 0.1) is 18.2 Å². The van der Waals surface area contributed by atoms with Gasteiger partial charge in [0.15, 0.2) is 0 Å². The van der Waals surface area contributed by atoms with E-state index >= 15 is 0 Å². The number of hydrogen-bond acceptors (Lipinski definition) is 3. The van der Waals surface area contributed by atoms with Crippen molar-refractivity contribution in [2.45, 2.75) is 13.3 Å². The number of hydrogen-bond donors (Lipinski definition) is 0. The third-order valence-corrected chi connectivity index (χ3v) is 3.95. The zero-order valence-electron chi connectivity index (χ0n) is 13.1. The van der Waals surface area contributed by atoms with Gasteiger partial charge >= 0.3 is 5.97 Å². The fraction of sp³-hybridized carbons (Fsp3) is 0.158. The van der Waals surface area contributed by atoms with Crippen LogP contribution in [0.5, 0.6) is 0 Å². The van der Waals surface area contributed by atoms with Gasteiger partial charge < -0.3 is 4.74 Å². The number of carbonyl (C=O) groups excluding carboxylic acids is 2. The van der Waals surface area contributed by atoms with Crippen LogP contribution < -0.4 is 0 Å². The molecule has 0 fully saturated rings. The first-order valence-electron chi connectivity index (χ1n) is 7.47. The van der Waals surface area contributed by atoms with Crippen LogP contribution >= 0.6 is 0 Å². The summed E-state index contributed by atoms with van der Waals surface area (Å²) in [6.07, 6.45) is 2.47. The van der Waals surface area contributed by atoms with Crippen LogP contribution in [0.25, 0.3) is 10.9 Å². The average Bonchev–Trinajstić information content (AvgIpc) is 3.00. The zero-order valence-corrected chi connectivity index (χ0v) is 13.1. The van der Waals surface area contributed by atoms with E-state index in [9.17, 15) is 9.59 Å². The van der Waals surface area contributed by atoms with E-state index in [0.717, 1.165) is 6.42 Å². The summed E-state index contributed by atoms with van der Waals surface area (Å²) < 4.78 is 6.31. The highest BCUT2D eigenvalue weighted by Gasteiger charge is 2.19. The highest BCUT2D eigenvalue weighted by Crippen LogP contribution is 2.23. The molecule has 0 amide bonds. The Balaban J connectivity index is 2.11. The van der Waals surface area contributed by atoms with Crippen molar-refractivity contribution in [2.75, 3.05) is 7.11 Å². The maximum atomic E-state index is 12.8. The van der Waals surface area contributed by atoms with Gasteiger partial charge in [-0.2, -0.15) is 0 Å². The molecule has 0 saturated heterocycles. The lowest BCUT2D eigenvalue weighted by Crippen LogP contribution is -2.11. The number of fused-ring (bicyclic) bond motifs is 1. The maximum Gasteiger partial charge on any atom is 0.340 e. The van der Waals surface area contributed by atoms with Crippen molar-refractivity contribution >= 4 is 22.8 Å². The normalized spacial score (nSPS) is 10.7. The van der Waals surface area contributed by atoms with Gasteiger partial charge in [-0.1, -0.05) is 37.3 Å². The molecule has 1 aromatic heterocycles.